The zero-order chi connectivity index (χ0) is 14.0. The highest BCUT2D eigenvalue weighted by molar-refractivity contribution is 5.86. The molecule has 19 heavy (non-hydrogen) atoms. The number of amides is 1. The zero-order valence-corrected chi connectivity index (χ0v) is 12.6. The molecule has 2 fully saturated rings. The van der Waals surface area contributed by atoms with E-state index in [1.807, 2.05) is 0 Å². The molecule has 3 N–H and O–H groups in total. The highest BCUT2D eigenvalue weighted by Gasteiger charge is 2.50. The van der Waals surface area contributed by atoms with Crippen molar-refractivity contribution in [2.45, 2.75) is 45.6 Å². The van der Waals surface area contributed by atoms with Crippen molar-refractivity contribution in [1.82, 2.24) is 10.2 Å². The summed E-state index contributed by atoms with van der Waals surface area (Å²) >= 11 is 0. The predicted molar refractivity (Wildman–Crippen MR) is 77.7 cm³/mol. The van der Waals surface area contributed by atoms with Crippen LogP contribution in [0, 0.1) is 17.8 Å². The summed E-state index contributed by atoms with van der Waals surface area (Å²) in [7, 11) is 0. The molecule has 1 aliphatic carbocycles. The van der Waals surface area contributed by atoms with Crippen LogP contribution in [-0.2, 0) is 4.79 Å². The lowest BCUT2D eigenvalue weighted by molar-refractivity contribution is -0.126. The van der Waals surface area contributed by atoms with E-state index in [1.54, 1.807) is 0 Å². The first-order valence-electron chi connectivity index (χ1n) is 7.77. The lowest BCUT2D eigenvalue weighted by Crippen LogP contribution is -2.63. The number of nitrogens with one attached hydrogen (secondary N) is 1. The molecule has 4 nitrogen and oxygen atoms in total. The topological polar surface area (TPSA) is 58.4 Å². The number of hydrogen-bond acceptors (Lipinski definition) is 3. The molecule has 0 aromatic rings. The Labute approximate surface area is 117 Å². The van der Waals surface area contributed by atoms with Crippen molar-refractivity contribution in [2.75, 3.05) is 26.2 Å². The number of carbonyl (C=O) groups is 1. The minimum Gasteiger partial charge on any atom is -0.368 e. The molecule has 1 heterocycles. The average molecular weight is 267 g/mol. The van der Waals surface area contributed by atoms with Crippen molar-refractivity contribution in [1.29, 1.82) is 0 Å². The quantitative estimate of drug-likeness (QED) is 0.729. The first-order valence-corrected chi connectivity index (χ1v) is 7.77. The second-order valence-corrected chi connectivity index (χ2v) is 6.67. The molecule has 0 bridgehead atoms. The van der Waals surface area contributed by atoms with Crippen molar-refractivity contribution in [3.63, 3.8) is 0 Å². The summed E-state index contributed by atoms with van der Waals surface area (Å²) in [5, 5.41) is 3.41. The summed E-state index contributed by atoms with van der Waals surface area (Å²) < 4.78 is 0. The van der Waals surface area contributed by atoms with Gasteiger partial charge in [0.15, 0.2) is 0 Å². The molecular weight excluding hydrogens is 238 g/mol. The van der Waals surface area contributed by atoms with Crippen molar-refractivity contribution in [3.8, 4) is 0 Å². The maximum Gasteiger partial charge on any atom is 0.239 e. The fourth-order valence-corrected chi connectivity index (χ4v) is 3.49. The Morgan fingerprint density at radius 3 is 2.53 bits per heavy atom. The van der Waals surface area contributed by atoms with Gasteiger partial charge in [0.1, 0.15) is 5.54 Å². The van der Waals surface area contributed by atoms with E-state index in [9.17, 15) is 4.79 Å². The van der Waals surface area contributed by atoms with Crippen molar-refractivity contribution in [2.24, 2.45) is 23.5 Å². The number of rotatable bonds is 7. The van der Waals surface area contributed by atoms with Gasteiger partial charge >= 0.3 is 0 Å². The van der Waals surface area contributed by atoms with Crippen LogP contribution in [0.2, 0.25) is 0 Å². The number of likely N-dealkylation sites (tertiary alicyclic amines) is 1. The summed E-state index contributed by atoms with van der Waals surface area (Å²) in [6, 6.07) is 0. The lowest BCUT2D eigenvalue weighted by Gasteiger charge is -2.35. The van der Waals surface area contributed by atoms with Crippen molar-refractivity contribution >= 4 is 5.91 Å². The Morgan fingerprint density at radius 2 is 2.11 bits per heavy atom. The molecule has 0 aromatic heterocycles. The van der Waals surface area contributed by atoms with Gasteiger partial charge in [0, 0.05) is 13.1 Å². The van der Waals surface area contributed by atoms with Gasteiger partial charge in [0.2, 0.25) is 5.91 Å². The molecule has 0 aromatic carbocycles. The molecule has 4 heteroatoms. The van der Waals surface area contributed by atoms with Crippen LogP contribution in [-0.4, -0.2) is 42.5 Å². The van der Waals surface area contributed by atoms with Gasteiger partial charge in [-0.25, -0.2) is 0 Å². The highest BCUT2D eigenvalue weighted by Crippen LogP contribution is 2.41. The monoisotopic (exact) mass is 267 g/mol. The first-order chi connectivity index (χ1) is 8.99. The van der Waals surface area contributed by atoms with E-state index < -0.39 is 5.54 Å². The van der Waals surface area contributed by atoms with Crippen molar-refractivity contribution in [3.05, 3.63) is 0 Å². The van der Waals surface area contributed by atoms with Gasteiger partial charge in [-0.15, -0.1) is 0 Å². The zero-order valence-electron chi connectivity index (χ0n) is 12.6. The van der Waals surface area contributed by atoms with E-state index in [2.05, 4.69) is 31.0 Å². The number of primary amides is 1. The van der Waals surface area contributed by atoms with Crippen LogP contribution in [0.5, 0.6) is 0 Å². The summed E-state index contributed by atoms with van der Waals surface area (Å²) in [5.74, 6) is 1.78. The summed E-state index contributed by atoms with van der Waals surface area (Å²) in [5.41, 5.74) is 5.26. The Morgan fingerprint density at radius 1 is 1.42 bits per heavy atom. The van der Waals surface area contributed by atoms with E-state index in [1.165, 1.54) is 6.42 Å². The van der Waals surface area contributed by atoms with E-state index in [0.29, 0.717) is 5.92 Å². The van der Waals surface area contributed by atoms with Crippen LogP contribution in [0.25, 0.3) is 0 Å². The van der Waals surface area contributed by atoms with E-state index in [4.69, 9.17) is 5.73 Å². The molecule has 1 saturated carbocycles. The molecule has 1 amide bonds. The molecular formula is C15H29N3O. The standard InChI is InChI=1S/C15H29N3O/c1-4-17-15(14(16)19,13-5-6-13)10-18-8-7-12(9-18)11(2)3/h11-13,17H,4-10H2,1-3H3,(H2,16,19). The third-order valence-corrected chi connectivity index (χ3v) is 4.93. The van der Waals surface area contributed by atoms with E-state index in [-0.39, 0.29) is 5.91 Å². The summed E-state index contributed by atoms with van der Waals surface area (Å²) in [6.07, 6.45) is 3.53. The Hall–Kier alpha value is -0.610. The lowest BCUT2D eigenvalue weighted by atomic mass is 9.91. The largest absolute Gasteiger partial charge is 0.368 e. The van der Waals surface area contributed by atoms with Gasteiger partial charge in [-0.05, 0) is 50.1 Å². The maximum absolute atomic E-state index is 12.0. The molecule has 0 spiro atoms. The van der Waals surface area contributed by atoms with Crippen LogP contribution >= 0.6 is 0 Å². The molecule has 1 saturated heterocycles. The van der Waals surface area contributed by atoms with Crippen LogP contribution in [0.4, 0.5) is 0 Å². The molecule has 2 aliphatic rings. The number of nitrogens with zero attached hydrogens (tertiary/aromatic N) is 1. The predicted octanol–water partition coefficient (Wildman–Crippen LogP) is 1.21. The van der Waals surface area contributed by atoms with Crippen LogP contribution in [0.3, 0.4) is 0 Å². The first kappa shape index (κ1) is 14.8. The van der Waals surface area contributed by atoms with Gasteiger partial charge in [-0.3, -0.25) is 4.79 Å². The molecule has 110 valence electrons. The van der Waals surface area contributed by atoms with Gasteiger partial charge in [-0.1, -0.05) is 20.8 Å². The Kier molecular flexibility index (Phi) is 4.51. The fraction of sp³-hybridized carbons (Fsp3) is 0.933. The SMILES string of the molecule is CCNC(CN1CCC(C(C)C)C1)(C(N)=O)C1CC1. The van der Waals surface area contributed by atoms with Gasteiger partial charge in [0.25, 0.3) is 0 Å². The average Bonchev–Trinajstić information content (AvgIpc) is 3.09. The maximum atomic E-state index is 12.0. The third kappa shape index (κ3) is 3.11. The number of carbonyl (C=O) groups excluding carboxylic acids is 1. The summed E-state index contributed by atoms with van der Waals surface area (Å²) in [4.78, 5) is 14.5. The third-order valence-electron chi connectivity index (χ3n) is 4.93. The van der Waals surface area contributed by atoms with E-state index >= 15 is 0 Å². The minimum atomic E-state index is -0.485. The number of likely N-dealkylation sites (N-methyl/N-ethyl adjacent to an activating group) is 1. The highest BCUT2D eigenvalue weighted by atomic mass is 16.1. The fourth-order valence-electron chi connectivity index (χ4n) is 3.49. The second-order valence-electron chi connectivity index (χ2n) is 6.67. The van der Waals surface area contributed by atoms with Gasteiger partial charge in [0.05, 0.1) is 0 Å². The minimum absolute atomic E-state index is 0.162. The normalized spacial score (nSPS) is 27.7. The number of nitrogens with two attached hydrogens (primary N) is 1. The van der Waals surface area contributed by atoms with E-state index in [0.717, 1.165) is 50.9 Å². The molecule has 2 rings (SSSR count). The van der Waals surface area contributed by atoms with Crippen LogP contribution < -0.4 is 11.1 Å². The molecule has 0 radical (unpaired) electrons. The Balaban J connectivity index is 2.02. The molecule has 2 atom stereocenters. The Bertz CT molecular complexity index is 327. The second kappa shape index (κ2) is 5.80. The summed E-state index contributed by atoms with van der Waals surface area (Å²) in [6.45, 7) is 10.5. The van der Waals surface area contributed by atoms with Crippen molar-refractivity contribution < 1.29 is 4.79 Å². The van der Waals surface area contributed by atoms with Gasteiger partial charge < -0.3 is 16.0 Å². The number of hydrogen-bond donors (Lipinski definition) is 2. The molecule has 2 unspecified atom stereocenters. The van der Waals surface area contributed by atoms with Crippen LogP contribution in [0.1, 0.15) is 40.0 Å². The smallest absolute Gasteiger partial charge is 0.239 e. The molecule has 1 aliphatic heterocycles. The van der Waals surface area contributed by atoms with Gasteiger partial charge in [-0.2, -0.15) is 0 Å². The van der Waals surface area contributed by atoms with Crippen LogP contribution in [0.15, 0.2) is 0 Å².